The van der Waals surface area contributed by atoms with Gasteiger partial charge in [0, 0.05) is 0 Å². The quantitative estimate of drug-likeness (QED) is 0.274. The van der Waals surface area contributed by atoms with Crippen LogP contribution in [0.2, 0.25) is 0 Å². The summed E-state index contributed by atoms with van der Waals surface area (Å²) < 4.78 is 0. The minimum atomic E-state index is -1.44. The van der Waals surface area contributed by atoms with E-state index in [2.05, 4.69) is 0 Å². The summed E-state index contributed by atoms with van der Waals surface area (Å²) in [6.07, 6.45) is 0.822. The monoisotopic (exact) mass is 258 g/mol. The largest absolute Gasteiger partial charge is 1.00 e. The molecule has 6 N–H and O–H groups in total. The number of carbonyl (C=O) groups excluding carboxylic acids is 1. The van der Waals surface area contributed by atoms with Crippen molar-refractivity contribution in [3.8, 4) is 0 Å². The minimum Gasteiger partial charge on any atom is -0.547 e. The van der Waals surface area contributed by atoms with Crippen LogP contribution in [0.15, 0.2) is 0 Å². The average Bonchev–Trinajstić information content (AvgIpc) is 2.18. The Labute approximate surface area is 122 Å². The van der Waals surface area contributed by atoms with Crippen molar-refractivity contribution >= 4 is 11.9 Å². The fraction of sp³-hybridized carbons (Fsp3) is 0.778. The number of hydrogen-bond acceptors (Lipinski definition) is 6. The van der Waals surface area contributed by atoms with Gasteiger partial charge in [-0.25, -0.2) is 0 Å². The first kappa shape index (κ1) is 22.0. The van der Waals surface area contributed by atoms with Gasteiger partial charge in [0.1, 0.15) is 6.04 Å². The molecule has 7 nitrogen and oxygen atoms in total. The zero-order chi connectivity index (χ0) is 13.1. The SMILES string of the molecule is CC(O)C(=O)[O-].NCCCC[C@H](N)C(=O)O.[Na+]. The predicted molar refractivity (Wildman–Crippen MR) is 55.2 cm³/mol. The van der Waals surface area contributed by atoms with Crippen molar-refractivity contribution in [1.82, 2.24) is 0 Å². The first-order chi connectivity index (χ1) is 7.32. The number of aliphatic carboxylic acids is 2. The summed E-state index contributed by atoms with van der Waals surface area (Å²) in [5.74, 6) is -2.37. The van der Waals surface area contributed by atoms with Gasteiger partial charge in [0.2, 0.25) is 0 Å². The molecule has 0 aromatic carbocycles. The third-order valence-corrected chi connectivity index (χ3v) is 1.63. The van der Waals surface area contributed by atoms with Crippen molar-refractivity contribution in [3.05, 3.63) is 0 Å². The zero-order valence-corrected chi connectivity index (χ0v) is 12.3. The summed E-state index contributed by atoms with van der Waals surface area (Å²) in [6.45, 7) is 1.74. The van der Waals surface area contributed by atoms with E-state index < -0.39 is 24.1 Å². The summed E-state index contributed by atoms with van der Waals surface area (Å²) in [5, 5.41) is 25.6. The third kappa shape index (κ3) is 18.4. The van der Waals surface area contributed by atoms with E-state index >= 15 is 0 Å². The van der Waals surface area contributed by atoms with Crippen molar-refractivity contribution < 1.29 is 54.5 Å². The van der Waals surface area contributed by atoms with Gasteiger partial charge in [0.05, 0.1) is 12.1 Å². The molecular weight excluding hydrogens is 239 g/mol. The second-order valence-corrected chi connectivity index (χ2v) is 3.22. The Hall–Kier alpha value is -0.180. The van der Waals surface area contributed by atoms with E-state index in [-0.39, 0.29) is 29.6 Å². The van der Waals surface area contributed by atoms with E-state index in [1.54, 1.807) is 0 Å². The van der Waals surface area contributed by atoms with Crippen LogP contribution in [0.25, 0.3) is 0 Å². The molecule has 0 radical (unpaired) electrons. The van der Waals surface area contributed by atoms with Crippen molar-refractivity contribution in [2.24, 2.45) is 11.5 Å². The average molecular weight is 258 g/mol. The Balaban J connectivity index is -0.000000244. The van der Waals surface area contributed by atoms with Crippen LogP contribution in [0.4, 0.5) is 0 Å². The molecule has 96 valence electrons. The molecule has 0 bridgehead atoms. The maximum absolute atomic E-state index is 10.1. The molecule has 0 spiro atoms. The molecule has 2 atom stereocenters. The summed E-state index contributed by atoms with van der Waals surface area (Å²) in [4.78, 5) is 19.5. The number of unbranched alkanes of at least 4 members (excludes halogenated alkanes) is 1. The molecule has 0 aliphatic rings. The summed E-state index contributed by atoms with van der Waals surface area (Å²) in [7, 11) is 0. The smallest absolute Gasteiger partial charge is 0.547 e. The van der Waals surface area contributed by atoms with Gasteiger partial charge in [-0.15, -0.1) is 0 Å². The molecule has 0 rings (SSSR count). The van der Waals surface area contributed by atoms with E-state index in [0.29, 0.717) is 13.0 Å². The van der Waals surface area contributed by atoms with Crippen LogP contribution in [0.3, 0.4) is 0 Å². The molecule has 0 fully saturated rings. The van der Waals surface area contributed by atoms with Crippen molar-refractivity contribution in [2.45, 2.75) is 38.3 Å². The van der Waals surface area contributed by atoms with Crippen LogP contribution in [0, 0.1) is 0 Å². The number of carbonyl (C=O) groups is 2. The Morgan fingerprint density at radius 3 is 2.00 bits per heavy atom. The molecule has 1 unspecified atom stereocenters. The maximum atomic E-state index is 10.1. The van der Waals surface area contributed by atoms with Gasteiger partial charge in [-0.1, -0.05) is 6.42 Å². The minimum absolute atomic E-state index is 0. The zero-order valence-electron chi connectivity index (χ0n) is 10.3. The molecule has 17 heavy (non-hydrogen) atoms. The van der Waals surface area contributed by atoms with E-state index in [9.17, 15) is 14.7 Å². The Kier molecular flexibility index (Phi) is 18.0. The first-order valence-corrected chi connectivity index (χ1v) is 4.90. The summed E-state index contributed by atoms with van der Waals surface area (Å²) in [5.41, 5.74) is 10.4. The third-order valence-electron chi connectivity index (χ3n) is 1.63. The molecule has 0 heterocycles. The molecule has 0 aliphatic carbocycles. The van der Waals surface area contributed by atoms with Crippen LogP contribution >= 0.6 is 0 Å². The number of hydrogen-bond donors (Lipinski definition) is 4. The number of rotatable bonds is 6. The van der Waals surface area contributed by atoms with Crippen LogP contribution in [0.1, 0.15) is 26.2 Å². The fourth-order valence-electron chi connectivity index (χ4n) is 0.632. The predicted octanol–water partition coefficient (Wildman–Crippen LogP) is -5.35. The molecule has 0 aliphatic heterocycles. The van der Waals surface area contributed by atoms with Gasteiger partial charge < -0.3 is 31.6 Å². The topological polar surface area (TPSA) is 150 Å². The number of carboxylic acids is 2. The molecule has 0 amide bonds. The van der Waals surface area contributed by atoms with E-state index in [1.165, 1.54) is 0 Å². The van der Waals surface area contributed by atoms with Crippen LogP contribution in [0.5, 0.6) is 0 Å². The van der Waals surface area contributed by atoms with Crippen LogP contribution in [-0.2, 0) is 9.59 Å². The molecular formula is C9H19N2NaO5. The van der Waals surface area contributed by atoms with Gasteiger partial charge >= 0.3 is 35.5 Å². The van der Waals surface area contributed by atoms with Crippen molar-refractivity contribution in [3.63, 3.8) is 0 Å². The summed E-state index contributed by atoms with van der Waals surface area (Å²) in [6, 6.07) is -0.716. The molecule has 0 aromatic rings. The molecule has 0 aromatic heterocycles. The number of aliphatic hydroxyl groups is 1. The molecule has 0 saturated carbocycles. The van der Waals surface area contributed by atoms with E-state index in [4.69, 9.17) is 21.7 Å². The number of nitrogens with two attached hydrogens (primary N) is 2. The van der Waals surface area contributed by atoms with Gasteiger partial charge in [0.25, 0.3) is 0 Å². The first-order valence-electron chi connectivity index (χ1n) is 4.90. The standard InChI is InChI=1S/C6H14N2O2.C3H6O3.Na/c7-4-2-1-3-5(8)6(9)10;1-2(4)3(5)6;/h5H,1-4,7-8H2,(H,9,10);2,4H,1H3,(H,5,6);/q;;+1/p-1/t5-;;/m0../s1. The Bertz CT molecular complexity index is 214. The van der Waals surface area contributed by atoms with Crippen molar-refractivity contribution in [1.29, 1.82) is 0 Å². The van der Waals surface area contributed by atoms with Gasteiger partial charge in [-0.3, -0.25) is 4.79 Å². The van der Waals surface area contributed by atoms with E-state index in [0.717, 1.165) is 19.8 Å². The van der Waals surface area contributed by atoms with E-state index in [1.807, 2.05) is 0 Å². The Morgan fingerprint density at radius 2 is 1.76 bits per heavy atom. The summed E-state index contributed by atoms with van der Waals surface area (Å²) >= 11 is 0. The Morgan fingerprint density at radius 1 is 1.35 bits per heavy atom. The number of carboxylic acid groups (broad SMARTS) is 2. The fourth-order valence-corrected chi connectivity index (χ4v) is 0.632. The van der Waals surface area contributed by atoms with Crippen molar-refractivity contribution in [2.75, 3.05) is 6.54 Å². The maximum Gasteiger partial charge on any atom is 1.00 e. The second kappa shape index (κ2) is 13.9. The second-order valence-electron chi connectivity index (χ2n) is 3.22. The van der Waals surface area contributed by atoms with Crippen LogP contribution < -0.4 is 46.1 Å². The number of aliphatic hydroxyl groups excluding tert-OH is 1. The van der Waals surface area contributed by atoms with Crippen LogP contribution in [-0.4, -0.2) is 40.8 Å². The normalized spacial score (nSPS) is 12.5. The van der Waals surface area contributed by atoms with Gasteiger partial charge in [0.15, 0.2) is 0 Å². The molecule has 0 saturated heterocycles. The van der Waals surface area contributed by atoms with Gasteiger partial charge in [-0.05, 0) is 26.3 Å². The molecule has 8 heteroatoms. The van der Waals surface area contributed by atoms with Gasteiger partial charge in [-0.2, -0.15) is 0 Å².